The lowest BCUT2D eigenvalue weighted by Crippen LogP contribution is -2.28. The quantitative estimate of drug-likeness (QED) is 0.829. The van der Waals surface area contributed by atoms with Crippen LogP contribution in [0.4, 0.5) is 5.69 Å². The largest absolute Gasteiger partial charge is 0.397 e. The number of rotatable bonds is 5. The van der Waals surface area contributed by atoms with E-state index in [2.05, 4.69) is 10.3 Å². The number of nitrogen functional groups attached to an aromatic ring is 1. The summed E-state index contributed by atoms with van der Waals surface area (Å²) in [6.45, 7) is 1.91. The Hall–Kier alpha value is -1.72. The molecule has 0 fully saturated rings. The first-order chi connectivity index (χ1) is 10.1. The molecule has 0 spiro atoms. The van der Waals surface area contributed by atoms with Gasteiger partial charge in [-0.25, -0.2) is 0 Å². The molecule has 0 aliphatic heterocycles. The second-order valence-corrected chi connectivity index (χ2v) is 5.94. The molecule has 1 amide bonds. The molecule has 1 heterocycles. The Morgan fingerprint density at radius 1 is 1.43 bits per heavy atom. The molecule has 2 rings (SSSR count). The lowest BCUT2D eigenvalue weighted by molar-refractivity contribution is -0.119. The van der Waals surface area contributed by atoms with Crippen molar-refractivity contribution in [1.29, 1.82) is 0 Å². The van der Waals surface area contributed by atoms with E-state index in [1.54, 1.807) is 18.5 Å². The van der Waals surface area contributed by atoms with Gasteiger partial charge in [0.25, 0.3) is 0 Å². The summed E-state index contributed by atoms with van der Waals surface area (Å²) in [5, 5.41) is 3.58. The molecule has 0 saturated carbocycles. The Bertz CT molecular complexity index is 636. The summed E-state index contributed by atoms with van der Waals surface area (Å²) in [5.41, 5.74) is 7.27. The molecule has 110 valence electrons. The van der Waals surface area contributed by atoms with Crippen molar-refractivity contribution < 1.29 is 4.79 Å². The van der Waals surface area contributed by atoms with Crippen LogP contribution in [0.25, 0.3) is 0 Å². The summed E-state index contributed by atoms with van der Waals surface area (Å²) in [6.07, 6.45) is 3.23. The number of pyridine rings is 1. The van der Waals surface area contributed by atoms with Crippen molar-refractivity contribution in [2.24, 2.45) is 0 Å². The number of hydrogen-bond donors (Lipinski definition) is 2. The molecular formula is C15H16ClN3OS. The predicted molar refractivity (Wildman–Crippen MR) is 87.4 cm³/mol. The molecule has 1 unspecified atom stereocenters. The van der Waals surface area contributed by atoms with Gasteiger partial charge in [0.05, 0.1) is 23.7 Å². The first kappa shape index (κ1) is 15.7. The van der Waals surface area contributed by atoms with Crippen LogP contribution in [0.2, 0.25) is 5.02 Å². The molecule has 3 N–H and O–H groups in total. The summed E-state index contributed by atoms with van der Waals surface area (Å²) >= 11 is 7.50. The van der Waals surface area contributed by atoms with Gasteiger partial charge >= 0.3 is 0 Å². The zero-order chi connectivity index (χ0) is 15.2. The van der Waals surface area contributed by atoms with E-state index in [0.29, 0.717) is 16.5 Å². The van der Waals surface area contributed by atoms with Crippen molar-refractivity contribution in [1.82, 2.24) is 10.3 Å². The first-order valence-electron chi connectivity index (χ1n) is 6.44. The van der Waals surface area contributed by atoms with Gasteiger partial charge in [0.15, 0.2) is 0 Å². The monoisotopic (exact) mass is 321 g/mol. The molecule has 4 nitrogen and oxygen atoms in total. The van der Waals surface area contributed by atoms with Gasteiger partial charge in [0, 0.05) is 16.1 Å². The zero-order valence-corrected chi connectivity index (χ0v) is 13.1. The maximum absolute atomic E-state index is 12.0. The number of anilines is 1. The molecule has 1 aromatic carbocycles. The van der Waals surface area contributed by atoms with E-state index >= 15 is 0 Å². The molecule has 0 bridgehead atoms. The second kappa shape index (κ2) is 7.33. The highest BCUT2D eigenvalue weighted by Gasteiger charge is 2.12. The fraction of sp³-hybridized carbons (Fsp3) is 0.200. The summed E-state index contributed by atoms with van der Waals surface area (Å²) in [7, 11) is 0. The number of amides is 1. The number of aromatic nitrogens is 1. The van der Waals surface area contributed by atoms with Crippen LogP contribution >= 0.6 is 23.4 Å². The van der Waals surface area contributed by atoms with Crippen molar-refractivity contribution in [2.75, 3.05) is 11.5 Å². The zero-order valence-electron chi connectivity index (χ0n) is 11.5. The van der Waals surface area contributed by atoms with Gasteiger partial charge in [-0.2, -0.15) is 0 Å². The third kappa shape index (κ3) is 4.37. The Balaban J connectivity index is 1.90. The van der Waals surface area contributed by atoms with Gasteiger partial charge < -0.3 is 11.1 Å². The normalized spacial score (nSPS) is 11.9. The summed E-state index contributed by atoms with van der Waals surface area (Å²) < 4.78 is 0. The SMILES string of the molecule is CC(NC(=O)CSc1ccncc1N)c1ccccc1Cl. The molecule has 0 saturated heterocycles. The minimum absolute atomic E-state index is 0.0661. The van der Waals surface area contributed by atoms with Crippen LogP contribution in [-0.4, -0.2) is 16.6 Å². The minimum Gasteiger partial charge on any atom is -0.397 e. The molecule has 6 heteroatoms. The number of carbonyl (C=O) groups is 1. The van der Waals surface area contributed by atoms with E-state index in [1.807, 2.05) is 31.2 Å². The van der Waals surface area contributed by atoms with E-state index < -0.39 is 0 Å². The fourth-order valence-electron chi connectivity index (χ4n) is 1.86. The smallest absolute Gasteiger partial charge is 0.230 e. The molecule has 1 atom stereocenters. The average molecular weight is 322 g/mol. The third-order valence-corrected chi connectivity index (χ3v) is 4.35. The maximum atomic E-state index is 12.0. The Morgan fingerprint density at radius 3 is 2.90 bits per heavy atom. The number of hydrogen-bond acceptors (Lipinski definition) is 4. The van der Waals surface area contributed by atoms with Gasteiger partial charge in [-0.15, -0.1) is 11.8 Å². The number of nitrogens with one attached hydrogen (secondary N) is 1. The minimum atomic E-state index is -0.137. The molecule has 0 aliphatic rings. The second-order valence-electron chi connectivity index (χ2n) is 4.51. The van der Waals surface area contributed by atoms with Crippen molar-refractivity contribution in [3.63, 3.8) is 0 Å². The molecule has 1 aromatic heterocycles. The highest BCUT2D eigenvalue weighted by Crippen LogP contribution is 2.24. The Labute approximate surface area is 133 Å². The van der Waals surface area contributed by atoms with E-state index in [4.69, 9.17) is 17.3 Å². The highest BCUT2D eigenvalue weighted by atomic mass is 35.5. The van der Waals surface area contributed by atoms with Crippen LogP contribution in [-0.2, 0) is 4.79 Å². The van der Waals surface area contributed by atoms with Crippen LogP contribution in [0, 0.1) is 0 Å². The first-order valence-corrected chi connectivity index (χ1v) is 7.80. The molecule has 2 aromatic rings. The topological polar surface area (TPSA) is 68.0 Å². The van der Waals surface area contributed by atoms with Gasteiger partial charge in [0.1, 0.15) is 0 Å². The number of thioether (sulfide) groups is 1. The standard InChI is InChI=1S/C15H16ClN3OS/c1-10(11-4-2-3-5-12(11)16)19-15(20)9-21-14-6-7-18-8-13(14)17/h2-8,10H,9,17H2,1H3,(H,19,20). The summed E-state index contributed by atoms with van der Waals surface area (Å²) in [4.78, 5) is 16.8. The van der Waals surface area contributed by atoms with Crippen LogP contribution in [0.3, 0.4) is 0 Å². The van der Waals surface area contributed by atoms with Crippen molar-refractivity contribution in [3.05, 3.63) is 53.3 Å². The number of nitrogens with zero attached hydrogens (tertiary/aromatic N) is 1. The maximum Gasteiger partial charge on any atom is 0.230 e. The van der Waals surface area contributed by atoms with Crippen LogP contribution in [0.5, 0.6) is 0 Å². The number of halogens is 1. The number of benzene rings is 1. The van der Waals surface area contributed by atoms with E-state index in [9.17, 15) is 4.79 Å². The van der Waals surface area contributed by atoms with Crippen molar-refractivity contribution >= 4 is 35.0 Å². The molecular weight excluding hydrogens is 306 g/mol. The van der Waals surface area contributed by atoms with E-state index in [0.717, 1.165) is 10.5 Å². The molecule has 0 aliphatic carbocycles. The highest BCUT2D eigenvalue weighted by molar-refractivity contribution is 8.00. The van der Waals surface area contributed by atoms with Gasteiger partial charge in [-0.3, -0.25) is 9.78 Å². The third-order valence-electron chi connectivity index (χ3n) is 2.92. The summed E-state index contributed by atoms with van der Waals surface area (Å²) in [5.74, 6) is 0.229. The van der Waals surface area contributed by atoms with Crippen LogP contribution < -0.4 is 11.1 Å². The molecule has 0 radical (unpaired) electrons. The Kier molecular flexibility index (Phi) is 5.47. The summed E-state index contributed by atoms with van der Waals surface area (Å²) in [6, 6.07) is 9.14. The number of carbonyl (C=O) groups excluding carboxylic acids is 1. The average Bonchev–Trinajstić information content (AvgIpc) is 2.46. The van der Waals surface area contributed by atoms with E-state index in [-0.39, 0.29) is 11.9 Å². The van der Waals surface area contributed by atoms with Gasteiger partial charge in [-0.05, 0) is 24.6 Å². The fourth-order valence-corrected chi connectivity index (χ4v) is 2.90. The lowest BCUT2D eigenvalue weighted by Gasteiger charge is -2.15. The Morgan fingerprint density at radius 2 is 2.19 bits per heavy atom. The van der Waals surface area contributed by atoms with Crippen molar-refractivity contribution in [3.8, 4) is 0 Å². The molecule has 21 heavy (non-hydrogen) atoms. The van der Waals surface area contributed by atoms with Gasteiger partial charge in [-0.1, -0.05) is 29.8 Å². The van der Waals surface area contributed by atoms with Crippen molar-refractivity contribution in [2.45, 2.75) is 17.9 Å². The van der Waals surface area contributed by atoms with Crippen LogP contribution in [0.15, 0.2) is 47.6 Å². The number of nitrogens with two attached hydrogens (primary N) is 1. The van der Waals surface area contributed by atoms with Crippen LogP contribution in [0.1, 0.15) is 18.5 Å². The predicted octanol–water partition coefficient (Wildman–Crippen LogP) is 3.29. The van der Waals surface area contributed by atoms with Gasteiger partial charge in [0.2, 0.25) is 5.91 Å². The lowest BCUT2D eigenvalue weighted by atomic mass is 10.1. The van der Waals surface area contributed by atoms with E-state index in [1.165, 1.54) is 11.8 Å².